The molecule has 0 bridgehead atoms. The van der Waals surface area contributed by atoms with Gasteiger partial charge in [-0.25, -0.2) is 0 Å². The Kier molecular flexibility index (Phi) is 2.98. The van der Waals surface area contributed by atoms with Gasteiger partial charge in [0, 0.05) is 0 Å². The van der Waals surface area contributed by atoms with E-state index in [0.717, 1.165) is 18.4 Å². The van der Waals surface area contributed by atoms with Gasteiger partial charge in [-0.1, -0.05) is 45.0 Å². The molecular weight excluding hydrogens is 212 g/mol. The van der Waals surface area contributed by atoms with Gasteiger partial charge in [0.25, 0.3) is 0 Å². The molecule has 1 saturated carbocycles. The number of benzene rings is 1. The van der Waals surface area contributed by atoms with Gasteiger partial charge in [-0.05, 0) is 35.8 Å². The molecule has 0 radical (unpaired) electrons. The van der Waals surface area contributed by atoms with Gasteiger partial charge < -0.3 is 5.11 Å². The SMILES string of the molecule is CC(C)c1ccc(C2(C(=O)O)CCC2C)cc1. The Hall–Kier alpha value is -1.31. The van der Waals surface area contributed by atoms with Crippen molar-refractivity contribution in [3.05, 3.63) is 35.4 Å². The fourth-order valence-electron chi connectivity index (χ4n) is 2.76. The zero-order chi connectivity index (χ0) is 12.6. The minimum atomic E-state index is -0.673. The van der Waals surface area contributed by atoms with E-state index in [1.165, 1.54) is 5.56 Å². The topological polar surface area (TPSA) is 37.3 Å². The number of hydrogen-bond acceptors (Lipinski definition) is 1. The van der Waals surface area contributed by atoms with Crippen LogP contribution in [0.5, 0.6) is 0 Å². The van der Waals surface area contributed by atoms with Gasteiger partial charge in [-0.3, -0.25) is 4.79 Å². The Balaban J connectivity index is 2.36. The first-order valence-corrected chi connectivity index (χ1v) is 6.32. The zero-order valence-electron chi connectivity index (χ0n) is 10.7. The van der Waals surface area contributed by atoms with Gasteiger partial charge in [0.2, 0.25) is 0 Å². The summed E-state index contributed by atoms with van der Waals surface area (Å²) >= 11 is 0. The first-order chi connectivity index (χ1) is 7.98. The van der Waals surface area contributed by atoms with Crippen LogP contribution in [0.4, 0.5) is 0 Å². The fourth-order valence-corrected chi connectivity index (χ4v) is 2.76. The van der Waals surface area contributed by atoms with E-state index in [9.17, 15) is 9.90 Å². The highest BCUT2D eigenvalue weighted by molar-refractivity contribution is 5.83. The molecule has 0 aromatic heterocycles. The van der Waals surface area contributed by atoms with Crippen molar-refractivity contribution in [3.63, 3.8) is 0 Å². The average Bonchev–Trinajstić information content (AvgIpc) is 2.28. The molecule has 0 spiro atoms. The molecule has 1 N–H and O–H groups in total. The Morgan fingerprint density at radius 2 is 1.94 bits per heavy atom. The number of rotatable bonds is 3. The van der Waals surface area contributed by atoms with Crippen molar-refractivity contribution in [2.45, 2.75) is 44.9 Å². The number of hydrogen-bond donors (Lipinski definition) is 1. The quantitative estimate of drug-likeness (QED) is 0.865. The molecular formula is C15H20O2. The van der Waals surface area contributed by atoms with Crippen molar-refractivity contribution in [2.24, 2.45) is 5.92 Å². The van der Waals surface area contributed by atoms with Gasteiger partial charge in [0.1, 0.15) is 0 Å². The lowest BCUT2D eigenvalue weighted by atomic mass is 9.57. The standard InChI is InChI=1S/C15H20O2/c1-10(2)12-4-6-13(7-5-12)15(14(16)17)9-8-11(15)3/h4-7,10-11H,8-9H2,1-3H3,(H,16,17). The van der Waals surface area contributed by atoms with Crippen molar-refractivity contribution in [1.29, 1.82) is 0 Å². The van der Waals surface area contributed by atoms with Crippen LogP contribution in [0.1, 0.15) is 50.7 Å². The molecule has 0 saturated heterocycles. The first kappa shape index (κ1) is 12.2. The minimum absolute atomic E-state index is 0.241. The van der Waals surface area contributed by atoms with E-state index in [4.69, 9.17) is 0 Å². The molecule has 2 unspecified atom stereocenters. The van der Waals surface area contributed by atoms with Crippen molar-refractivity contribution in [2.75, 3.05) is 0 Å². The Morgan fingerprint density at radius 3 is 2.24 bits per heavy atom. The molecule has 1 aromatic carbocycles. The third-order valence-electron chi connectivity index (χ3n) is 4.29. The molecule has 2 nitrogen and oxygen atoms in total. The third-order valence-corrected chi connectivity index (χ3v) is 4.29. The van der Waals surface area contributed by atoms with Crippen LogP contribution in [0.2, 0.25) is 0 Å². The van der Waals surface area contributed by atoms with Gasteiger partial charge >= 0.3 is 5.97 Å². The monoisotopic (exact) mass is 232 g/mol. The number of carboxylic acids is 1. The zero-order valence-corrected chi connectivity index (χ0v) is 10.7. The summed E-state index contributed by atoms with van der Waals surface area (Å²) in [5, 5.41) is 9.49. The Labute approximate surface area is 103 Å². The molecule has 2 heteroatoms. The minimum Gasteiger partial charge on any atom is -0.481 e. The second-order valence-corrected chi connectivity index (χ2v) is 5.49. The van der Waals surface area contributed by atoms with Crippen LogP contribution in [0.25, 0.3) is 0 Å². The van der Waals surface area contributed by atoms with Crippen LogP contribution in [-0.2, 0) is 10.2 Å². The van der Waals surface area contributed by atoms with Crippen molar-refractivity contribution < 1.29 is 9.90 Å². The molecule has 1 aliphatic carbocycles. The highest BCUT2D eigenvalue weighted by atomic mass is 16.4. The summed E-state index contributed by atoms with van der Waals surface area (Å²) in [5.74, 6) is 0.0575. The van der Waals surface area contributed by atoms with Crippen molar-refractivity contribution in [1.82, 2.24) is 0 Å². The predicted octanol–water partition coefficient (Wildman–Crippen LogP) is 3.56. The van der Waals surface area contributed by atoms with E-state index in [1.54, 1.807) is 0 Å². The van der Waals surface area contributed by atoms with E-state index in [-0.39, 0.29) is 5.92 Å². The van der Waals surface area contributed by atoms with Crippen molar-refractivity contribution >= 4 is 5.97 Å². The van der Waals surface area contributed by atoms with Crippen LogP contribution in [0.15, 0.2) is 24.3 Å². The molecule has 0 amide bonds. The largest absolute Gasteiger partial charge is 0.481 e. The lowest BCUT2D eigenvalue weighted by Crippen LogP contribution is -2.49. The van der Waals surface area contributed by atoms with Gasteiger partial charge in [-0.15, -0.1) is 0 Å². The van der Waals surface area contributed by atoms with E-state index in [0.29, 0.717) is 5.92 Å². The summed E-state index contributed by atoms with van der Waals surface area (Å²) in [5.41, 5.74) is 1.60. The molecule has 92 valence electrons. The maximum atomic E-state index is 11.5. The van der Waals surface area contributed by atoms with Crippen LogP contribution in [0, 0.1) is 5.92 Å². The van der Waals surface area contributed by atoms with Gasteiger partial charge in [0.05, 0.1) is 5.41 Å². The summed E-state index contributed by atoms with van der Waals surface area (Å²) in [4.78, 5) is 11.5. The summed E-state index contributed by atoms with van der Waals surface area (Å²) in [6.45, 7) is 6.33. The lowest BCUT2D eigenvalue weighted by molar-refractivity contribution is -0.151. The highest BCUT2D eigenvalue weighted by Gasteiger charge is 2.51. The van der Waals surface area contributed by atoms with E-state index >= 15 is 0 Å². The Morgan fingerprint density at radius 1 is 1.35 bits per heavy atom. The number of aliphatic carboxylic acids is 1. The van der Waals surface area contributed by atoms with Crippen LogP contribution < -0.4 is 0 Å². The molecule has 2 atom stereocenters. The molecule has 0 heterocycles. The second kappa shape index (κ2) is 4.17. The highest BCUT2D eigenvalue weighted by Crippen LogP contribution is 2.48. The summed E-state index contributed by atoms with van der Waals surface area (Å²) < 4.78 is 0. The van der Waals surface area contributed by atoms with Gasteiger partial charge in [-0.2, -0.15) is 0 Å². The smallest absolute Gasteiger partial charge is 0.314 e. The predicted molar refractivity (Wildman–Crippen MR) is 68.2 cm³/mol. The fraction of sp³-hybridized carbons (Fsp3) is 0.533. The molecule has 0 aliphatic heterocycles. The van der Waals surface area contributed by atoms with Crippen molar-refractivity contribution in [3.8, 4) is 0 Å². The molecule has 1 fully saturated rings. The first-order valence-electron chi connectivity index (χ1n) is 6.32. The molecule has 17 heavy (non-hydrogen) atoms. The Bertz CT molecular complexity index is 419. The third kappa shape index (κ3) is 1.76. The lowest BCUT2D eigenvalue weighted by Gasteiger charge is -2.45. The van der Waals surface area contributed by atoms with E-state index < -0.39 is 11.4 Å². The molecule has 1 aliphatic rings. The molecule has 1 aromatic rings. The van der Waals surface area contributed by atoms with E-state index in [1.807, 2.05) is 19.1 Å². The summed E-state index contributed by atoms with van der Waals surface area (Å²) in [7, 11) is 0. The van der Waals surface area contributed by atoms with Gasteiger partial charge in [0.15, 0.2) is 0 Å². The van der Waals surface area contributed by atoms with Crippen LogP contribution in [0.3, 0.4) is 0 Å². The molecule has 2 rings (SSSR count). The van der Waals surface area contributed by atoms with Crippen LogP contribution in [-0.4, -0.2) is 11.1 Å². The maximum Gasteiger partial charge on any atom is 0.314 e. The number of carboxylic acid groups (broad SMARTS) is 1. The second-order valence-electron chi connectivity index (χ2n) is 5.49. The normalized spacial score (nSPS) is 27.9. The summed E-state index contributed by atoms with van der Waals surface area (Å²) in [6, 6.07) is 8.13. The van der Waals surface area contributed by atoms with E-state index in [2.05, 4.69) is 26.0 Å². The summed E-state index contributed by atoms with van der Waals surface area (Å²) in [6.07, 6.45) is 1.78. The number of carbonyl (C=O) groups is 1. The average molecular weight is 232 g/mol. The van der Waals surface area contributed by atoms with Crippen LogP contribution >= 0.6 is 0 Å². The maximum absolute atomic E-state index is 11.5.